The molecule has 1 saturated heterocycles. The molecule has 2 aliphatic rings. The van der Waals surface area contributed by atoms with Gasteiger partial charge in [-0.1, -0.05) is 44.9 Å². The summed E-state index contributed by atoms with van der Waals surface area (Å²) in [6, 6.07) is 11.5. The van der Waals surface area contributed by atoms with Crippen molar-refractivity contribution in [3.63, 3.8) is 0 Å². The molecule has 2 fully saturated rings. The molecule has 1 aliphatic heterocycles. The summed E-state index contributed by atoms with van der Waals surface area (Å²) in [7, 11) is 0. The number of likely N-dealkylation sites (tertiary alicyclic amines) is 1. The summed E-state index contributed by atoms with van der Waals surface area (Å²) >= 11 is 2.06. The highest BCUT2D eigenvalue weighted by molar-refractivity contribution is 7.19. The fourth-order valence-corrected chi connectivity index (χ4v) is 6.49. The fourth-order valence-electron chi connectivity index (χ4n) is 5.07. The highest BCUT2D eigenvalue weighted by atomic mass is 32.1. The van der Waals surface area contributed by atoms with Gasteiger partial charge in [-0.25, -0.2) is 0 Å². The zero-order valence-corrected chi connectivity index (χ0v) is 15.4. The average molecular weight is 328 g/mol. The molecule has 1 unspecified atom stereocenters. The minimum atomic E-state index is 0.302. The van der Waals surface area contributed by atoms with E-state index in [4.69, 9.17) is 0 Å². The number of hydrogen-bond donors (Lipinski definition) is 0. The lowest BCUT2D eigenvalue weighted by Crippen LogP contribution is -2.54. The first kappa shape index (κ1) is 15.7. The third-order valence-corrected chi connectivity index (χ3v) is 7.62. The van der Waals surface area contributed by atoms with E-state index in [0.717, 1.165) is 11.8 Å². The van der Waals surface area contributed by atoms with Gasteiger partial charge in [-0.05, 0) is 61.6 Å². The van der Waals surface area contributed by atoms with Crippen LogP contribution in [-0.2, 0) is 5.54 Å². The summed E-state index contributed by atoms with van der Waals surface area (Å²) in [5.41, 5.74) is 0.302. The Bertz CT molecular complexity index is 642. The first-order valence-corrected chi connectivity index (χ1v) is 10.3. The summed E-state index contributed by atoms with van der Waals surface area (Å²) in [5.74, 6) is 1.62. The van der Waals surface area contributed by atoms with Gasteiger partial charge in [0, 0.05) is 16.1 Å². The van der Waals surface area contributed by atoms with Crippen LogP contribution in [0.1, 0.15) is 57.2 Å². The molecule has 0 radical (unpaired) electrons. The van der Waals surface area contributed by atoms with Crippen molar-refractivity contribution in [1.82, 2.24) is 4.90 Å². The van der Waals surface area contributed by atoms with Crippen molar-refractivity contribution in [2.45, 2.75) is 57.9 Å². The minimum absolute atomic E-state index is 0.302. The lowest BCUT2D eigenvalue weighted by atomic mass is 9.70. The molecule has 0 N–H and O–H groups in total. The van der Waals surface area contributed by atoms with Gasteiger partial charge < -0.3 is 0 Å². The quantitative estimate of drug-likeness (QED) is 0.650. The largest absolute Gasteiger partial charge is 0.292 e. The number of fused-ring (bicyclic) bond motifs is 1. The smallest absolute Gasteiger partial charge is 0.0580 e. The molecule has 0 spiro atoms. The maximum Gasteiger partial charge on any atom is 0.0580 e. The second kappa shape index (κ2) is 6.22. The Kier molecular flexibility index (Phi) is 4.23. The molecule has 1 saturated carbocycles. The van der Waals surface area contributed by atoms with Crippen molar-refractivity contribution in [3.8, 4) is 0 Å². The van der Waals surface area contributed by atoms with Crippen LogP contribution < -0.4 is 0 Å². The van der Waals surface area contributed by atoms with Crippen LogP contribution in [0, 0.1) is 11.8 Å². The van der Waals surface area contributed by atoms with E-state index < -0.39 is 0 Å². The number of benzene rings is 1. The van der Waals surface area contributed by atoms with Gasteiger partial charge in [-0.2, -0.15) is 0 Å². The van der Waals surface area contributed by atoms with Crippen LogP contribution in [0.2, 0.25) is 0 Å². The third-order valence-electron chi connectivity index (χ3n) is 6.33. The van der Waals surface area contributed by atoms with Gasteiger partial charge in [0.05, 0.1) is 5.54 Å². The van der Waals surface area contributed by atoms with Crippen LogP contribution in [-0.4, -0.2) is 18.0 Å². The molecule has 0 amide bonds. The SMILES string of the molecule is C[C@@H]1CCCN(C2(c3cc4ccccc4s3)CCCC[C@@H]2C)C1. The van der Waals surface area contributed by atoms with Crippen LogP contribution in [0.15, 0.2) is 30.3 Å². The van der Waals surface area contributed by atoms with Crippen LogP contribution in [0.25, 0.3) is 10.1 Å². The number of piperidine rings is 1. The molecule has 1 nitrogen and oxygen atoms in total. The van der Waals surface area contributed by atoms with Gasteiger partial charge in [0.2, 0.25) is 0 Å². The van der Waals surface area contributed by atoms with Crippen molar-refractivity contribution in [2.75, 3.05) is 13.1 Å². The summed E-state index contributed by atoms with van der Waals surface area (Å²) in [5, 5.41) is 1.44. The number of hydrogen-bond acceptors (Lipinski definition) is 2. The Balaban J connectivity index is 1.81. The van der Waals surface area contributed by atoms with Gasteiger partial charge in [-0.3, -0.25) is 4.90 Å². The van der Waals surface area contributed by atoms with E-state index in [0.29, 0.717) is 5.54 Å². The van der Waals surface area contributed by atoms with Crippen LogP contribution in [0.4, 0.5) is 0 Å². The summed E-state index contributed by atoms with van der Waals surface area (Å²) in [6.07, 6.45) is 8.33. The third kappa shape index (κ3) is 2.64. The maximum absolute atomic E-state index is 2.88. The Labute approximate surface area is 144 Å². The van der Waals surface area contributed by atoms with E-state index in [-0.39, 0.29) is 0 Å². The van der Waals surface area contributed by atoms with E-state index in [9.17, 15) is 0 Å². The topological polar surface area (TPSA) is 3.24 Å². The molecule has 3 atom stereocenters. The first-order valence-electron chi connectivity index (χ1n) is 9.44. The molecule has 1 aromatic heterocycles. The Morgan fingerprint density at radius 2 is 1.96 bits per heavy atom. The molecule has 124 valence electrons. The predicted molar refractivity (Wildman–Crippen MR) is 101 cm³/mol. The molecular weight excluding hydrogens is 298 g/mol. The fraction of sp³-hybridized carbons (Fsp3) is 0.619. The van der Waals surface area contributed by atoms with Crippen molar-refractivity contribution < 1.29 is 0 Å². The van der Waals surface area contributed by atoms with Crippen molar-refractivity contribution in [1.29, 1.82) is 0 Å². The minimum Gasteiger partial charge on any atom is -0.292 e. The van der Waals surface area contributed by atoms with Gasteiger partial charge >= 0.3 is 0 Å². The van der Waals surface area contributed by atoms with Crippen molar-refractivity contribution in [2.24, 2.45) is 11.8 Å². The van der Waals surface area contributed by atoms with E-state index in [1.165, 1.54) is 61.7 Å². The molecule has 0 bridgehead atoms. The number of rotatable bonds is 2. The lowest BCUT2D eigenvalue weighted by molar-refractivity contribution is -0.0209. The Hall–Kier alpha value is -0.860. The zero-order valence-electron chi connectivity index (χ0n) is 14.6. The Morgan fingerprint density at radius 3 is 2.74 bits per heavy atom. The van der Waals surface area contributed by atoms with Gasteiger partial charge in [0.25, 0.3) is 0 Å². The molecule has 2 heteroatoms. The van der Waals surface area contributed by atoms with E-state index >= 15 is 0 Å². The monoisotopic (exact) mass is 327 g/mol. The first-order chi connectivity index (χ1) is 11.2. The molecule has 1 aromatic carbocycles. The average Bonchev–Trinajstić information content (AvgIpc) is 3.00. The molecule has 1 aliphatic carbocycles. The van der Waals surface area contributed by atoms with Gasteiger partial charge in [0.15, 0.2) is 0 Å². The second-order valence-electron chi connectivity index (χ2n) is 7.91. The molecular formula is C21H29NS. The standard InChI is InChI=1S/C21H29NS/c1-16-8-7-13-22(15-16)21(12-6-5-9-17(21)2)20-14-18-10-3-4-11-19(18)23-20/h3-4,10-11,14,16-17H,5-9,12-13,15H2,1-2H3/t16-,17+,21?/m1/s1. The second-order valence-corrected chi connectivity index (χ2v) is 9.00. The highest BCUT2D eigenvalue weighted by Gasteiger charge is 2.46. The van der Waals surface area contributed by atoms with E-state index in [1.807, 2.05) is 0 Å². The van der Waals surface area contributed by atoms with E-state index in [2.05, 4.69) is 60.4 Å². The van der Waals surface area contributed by atoms with Crippen LogP contribution in [0.3, 0.4) is 0 Å². The molecule has 23 heavy (non-hydrogen) atoms. The summed E-state index contributed by atoms with van der Waals surface area (Å²) < 4.78 is 1.46. The highest BCUT2D eigenvalue weighted by Crippen LogP contribution is 2.50. The number of thiophene rings is 1. The number of nitrogens with zero attached hydrogens (tertiary/aromatic N) is 1. The Morgan fingerprint density at radius 1 is 1.09 bits per heavy atom. The van der Waals surface area contributed by atoms with Crippen LogP contribution in [0.5, 0.6) is 0 Å². The summed E-state index contributed by atoms with van der Waals surface area (Å²) in [6.45, 7) is 7.54. The molecule has 2 aromatic rings. The molecule has 4 rings (SSSR count). The maximum atomic E-state index is 2.88. The zero-order chi connectivity index (χ0) is 15.9. The predicted octanol–water partition coefficient (Wildman–Crippen LogP) is 6.04. The van der Waals surface area contributed by atoms with Gasteiger partial charge in [-0.15, -0.1) is 11.3 Å². The summed E-state index contributed by atoms with van der Waals surface area (Å²) in [4.78, 5) is 4.52. The lowest BCUT2D eigenvalue weighted by Gasteiger charge is -2.52. The normalized spacial score (nSPS) is 33.1. The van der Waals surface area contributed by atoms with Crippen LogP contribution >= 0.6 is 11.3 Å². The van der Waals surface area contributed by atoms with Crippen molar-refractivity contribution in [3.05, 3.63) is 35.2 Å². The van der Waals surface area contributed by atoms with Crippen molar-refractivity contribution >= 4 is 21.4 Å². The van der Waals surface area contributed by atoms with E-state index in [1.54, 1.807) is 4.88 Å². The van der Waals surface area contributed by atoms with Gasteiger partial charge in [0.1, 0.15) is 0 Å². The molecule has 2 heterocycles.